The molecule has 4 rings (SSSR count). The largest absolute Gasteiger partial charge is 0.471 e. The van der Waals surface area contributed by atoms with Gasteiger partial charge in [0.1, 0.15) is 11.9 Å². The fourth-order valence-corrected chi connectivity index (χ4v) is 4.75. The number of likely N-dealkylation sites (N-methyl/N-ethyl adjacent to an activating group) is 1. The molecule has 7 heteroatoms. The minimum Gasteiger partial charge on any atom is -0.471 e. The molecule has 0 bridgehead atoms. The second-order valence-electron chi connectivity index (χ2n) is 8.84. The van der Waals surface area contributed by atoms with E-state index in [1.54, 1.807) is 0 Å². The summed E-state index contributed by atoms with van der Waals surface area (Å²) in [5, 5.41) is 0. The fraction of sp³-hybridized carbons (Fsp3) is 0.370. The average Bonchev–Trinajstić information content (AvgIpc) is 3.00. The molecule has 0 N–H and O–H groups in total. The summed E-state index contributed by atoms with van der Waals surface area (Å²) in [7, 11) is 0. The Bertz CT molecular complexity index is 1160. The lowest BCUT2D eigenvalue weighted by Crippen LogP contribution is -2.40. The van der Waals surface area contributed by atoms with Crippen LogP contribution in [-0.2, 0) is 0 Å². The van der Waals surface area contributed by atoms with Crippen LogP contribution in [0.25, 0.3) is 11.3 Å². The highest BCUT2D eigenvalue weighted by Crippen LogP contribution is 2.28. The summed E-state index contributed by atoms with van der Waals surface area (Å²) in [4.78, 5) is 27.5. The average molecular weight is 477 g/mol. The minimum absolute atomic E-state index is 0.00227. The first-order valence-corrected chi connectivity index (χ1v) is 12.2. The predicted octanol–water partition coefficient (Wildman–Crippen LogP) is 4.58. The summed E-state index contributed by atoms with van der Waals surface area (Å²) in [5.41, 5.74) is 4.94. The Morgan fingerprint density at radius 1 is 1.03 bits per heavy atom. The van der Waals surface area contributed by atoms with Gasteiger partial charge in [-0.2, -0.15) is 4.98 Å². The Labute approximate surface area is 207 Å². The number of hydrogen-bond donors (Lipinski definition) is 1. The lowest BCUT2D eigenvalue weighted by molar-refractivity contribution is 0.0690. The van der Waals surface area contributed by atoms with E-state index in [1.165, 1.54) is 11.1 Å². The highest BCUT2D eigenvalue weighted by molar-refractivity contribution is 7.80. The maximum Gasteiger partial charge on any atom is 0.254 e. The molecule has 1 saturated heterocycles. The number of aromatic nitrogens is 2. The van der Waals surface area contributed by atoms with Gasteiger partial charge in [-0.05, 0) is 56.6 Å². The molecule has 2 aromatic carbocycles. The van der Waals surface area contributed by atoms with Crippen molar-refractivity contribution in [2.45, 2.75) is 38.7 Å². The molecule has 2 heterocycles. The van der Waals surface area contributed by atoms with E-state index in [2.05, 4.69) is 66.5 Å². The number of thiol groups is 1. The first-order chi connectivity index (χ1) is 16.3. The van der Waals surface area contributed by atoms with Gasteiger partial charge in [0.15, 0.2) is 0 Å². The van der Waals surface area contributed by atoms with Gasteiger partial charge in [-0.15, -0.1) is 12.6 Å². The van der Waals surface area contributed by atoms with Gasteiger partial charge in [-0.25, -0.2) is 4.98 Å². The molecular weight excluding hydrogens is 444 g/mol. The SMILES string of the molecule is CCN1CCN(C(=O)c2cccc(S)c2)C[C@H](Oc2cc(-c3c(C)cccc3C)nc(C)n2)C1. The number of carbonyl (C=O) groups excluding carboxylic acids is 1. The molecule has 1 amide bonds. The molecule has 0 unspecified atom stereocenters. The third-order valence-corrected chi connectivity index (χ3v) is 6.52. The highest BCUT2D eigenvalue weighted by atomic mass is 32.1. The minimum atomic E-state index is -0.203. The van der Waals surface area contributed by atoms with Gasteiger partial charge in [0.25, 0.3) is 5.91 Å². The van der Waals surface area contributed by atoms with Gasteiger partial charge >= 0.3 is 0 Å². The first-order valence-electron chi connectivity index (χ1n) is 11.7. The Hall–Kier alpha value is -2.90. The van der Waals surface area contributed by atoms with Crippen molar-refractivity contribution in [3.05, 3.63) is 71.0 Å². The fourth-order valence-electron chi connectivity index (χ4n) is 4.52. The van der Waals surface area contributed by atoms with Crippen molar-refractivity contribution in [1.82, 2.24) is 19.8 Å². The van der Waals surface area contributed by atoms with Gasteiger partial charge in [0, 0.05) is 41.7 Å². The lowest BCUT2D eigenvalue weighted by atomic mass is 10.00. The second-order valence-corrected chi connectivity index (χ2v) is 9.36. The van der Waals surface area contributed by atoms with Crippen molar-refractivity contribution >= 4 is 18.5 Å². The Balaban J connectivity index is 1.60. The summed E-state index contributed by atoms with van der Waals surface area (Å²) in [6, 6.07) is 15.5. The summed E-state index contributed by atoms with van der Waals surface area (Å²) in [6.45, 7) is 11.8. The zero-order valence-electron chi connectivity index (χ0n) is 20.3. The third-order valence-electron chi connectivity index (χ3n) is 6.24. The van der Waals surface area contributed by atoms with Gasteiger partial charge < -0.3 is 9.64 Å². The Kier molecular flexibility index (Phi) is 7.54. The van der Waals surface area contributed by atoms with Gasteiger partial charge in [-0.1, -0.05) is 31.2 Å². The van der Waals surface area contributed by atoms with E-state index in [1.807, 2.05) is 42.2 Å². The highest BCUT2D eigenvalue weighted by Gasteiger charge is 2.28. The summed E-state index contributed by atoms with van der Waals surface area (Å²) in [6.07, 6.45) is -0.203. The summed E-state index contributed by atoms with van der Waals surface area (Å²) in [5.74, 6) is 1.20. The molecule has 34 heavy (non-hydrogen) atoms. The van der Waals surface area contributed by atoms with Crippen molar-refractivity contribution in [1.29, 1.82) is 0 Å². The van der Waals surface area contributed by atoms with E-state index >= 15 is 0 Å². The van der Waals surface area contributed by atoms with Crippen molar-refractivity contribution < 1.29 is 9.53 Å². The smallest absolute Gasteiger partial charge is 0.254 e. The number of ether oxygens (including phenoxy) is 1. The van der Waals surface area contributed by atoms with Crippen LogP contribution in [0, 0.1) is 20.8 Å². The molecular formula is C27H32N4O2S. The number of hydrogen-bond acceptors (Lipinski definition) is 6. The van der Waals surface area contributed by atoms with E-state index in [4.69, 9.17) is 4.74 Å². The van der Waals surface area contributed by atoms with E-state index in [0.29, 0.717) is 30.4 Å². The van der Waals surface area contributed by atoms with Crippen LogP contribution < -0.4 is 4.74 Å². The van der Waals surface area contributed by atoms with Crippen LogP contribution in [0.5, 0.6) is 5.88 Å². The van der Waals surface area contributed by atoms with Gasteiger partial charge in [0.2, 0.25) is 5.88 Å². The molecule has 1 fully saturated rings. The zero-order valence-corrected chi connectivity index (χ0v) is 21.2. The van der Waals surface area contributed by atoms with E-state index < -0.39 is 0 Å². The number of amides is 1. The second kappa shape index (κ2) is 10.6. The Morgan fingerprint density at radius 2 is 1.76 bits per heavy atom. The van der Waals surface area contributed by atoms with Crippen LogP contribution in [0.4, 0.5) is 0 Å². The van der Waals surface area contributed by atoms with E-state index in [0.717, 1.165) is 35.8 Å². The van der Waals surface area contributed by atoms with Crippen molar-refractivity contribution in [3.63, 3.8) is 0 Å². The standard InChI is InChI=1S/C27H32N4O2S/c1-5-30-12-13-31(27(32)21-10-7-11-23(34)14-21)17-22(16-30)33-25-15-24(28-20(4)29-25)26-18(2)8-6-9-19(26)3/h6-11,14-15,22,34H,5,12-13,16-17H2,1-4H3/t22-/m1/s1. The topological polar surface area (TPSA) is 58.6 Å². The quantitative estimate of drug-likeness (QED) is 0.546. The number of benzene rings is 2. The van der Waals surface area contributed by atoms with Crippen molar-refractivity contribution in [2.24, 2.45) is 0 Å². The Morgan fingerprint density at radius 3 is 2.47 bits per heavy atom. The number of nitrogens with zero attached hydrogens (tertiary/aromatic N) is 4. The van der Waals surface area contributed by atoms with Crippen LogP contribution in [-0.4, -0.2) is 64.5 Å². The third kappa shape index (κ3) is 5.59. The van der Waals surface area contributed by atoms with Gasteiger partial charge in [-0.3, -0.25) is 9.69 Å². The van der Waals surface area contributed by atoms with E-state index in [-0.39, 0.29) is 12.0 Å². The molecule has 1 aromatic heterocycles. The molecule has 6 nitrogen and oxygen atoms in total. The summed E-state index contributed by atoms with van der Waals surface area (Å²) >= 11 is 4.39. The van der Waals surface area contributed by atoms with Crippen LogP contribution in [0.1, 0.15) is 34.2 Å². The van der Waals surface area contributed by atoms with Crippen molar-refractivity contribution in [3.8, 4) is 17.1 Å². The van der Waals surface area contributed by atoms with Crippen molar-refractivity contribution in [2.75, 3.05) is 32.7 Å². The number of rotatable bonds is 5. The first kappa shape index (κ1) is 24.2. The molecule has 1 aliphatic heterocycles. The molecule has 1 atom stereocenters. The number of aryl methyl sites for hydroxylation is 3. The van der Waals surface area contributed by atoms with Gasteiger partial charge in [0.05, 0.1) is 12.2 Å². The van der Waals surface area contributed by atoms with Crippen LogP contribution in [0.15, 0.2) is 53.4 Å². The molecule has 0 radical (unpaired) electrons. The molecule has 3 aromatic rings. The predicted molar refractivity (Wildman–Crippen MR) is 138 cm³/mol. The van der Waals surface area contributed by atoms with Crippen LogP contribution >= 0.6 is 12.6 Å². The monoisotopic (exact) mass is 476 g/mol. The lowest BCUT2D eigenvalue weighted by Gasteiger charge is -2.25. The zero-order chi connectivity index (χ0) is 24.2. The maximum absolute atomic E-state index is 13.3. The van der Waals surface area contributed by atoms with Crippen LogP contribution in [0.3, 0.4) is 0 Å². The van der Waals surface area contributed by atoms with E-state index in [9.17, 15) is 4.79 Å². The normalized spacial score (nSPS) is 16.9. The summed E-state index contributed by atoms with van der Waals surface area (Å²) < 4.78 is 6.43. The van der Waals surface area contributed by atoms with Crippen LogP contribution in [0.2, 0.25) is 0 Å². The maximum atomic E-state index is 13.3. The molecule has 1 aliphatic rings. The molecule has 178 valence electrons. The molecule has 0 aliphatic carbocycles. The molecule has 0 saturated carbocycles. The molecule has 0 spiro atoms. The number of carbonyl (C=O) groups is 1.